The average molecular weight is 293 g/mol. The topological polar surface area (TPSA) is 144 Å². The van der Waals surface area contributed by atoms with Gasteiger partial charge in [-0.2, -0.15) is 0 Å². The summed E-state index contributed by atoms with van der Waals surface area (Å²) in [7, 11) is 0. The third-order valence-corrected chi connectivity index (χ3v) is 2.39. The Labute approximate surface area is 120 Å². The van der Waals surface area contributed by atoms with E-state index in [2.05, 4.69) is 0 Å². The van der Waals surface area contributed by atoms with E-state index >= 15 is 0 Å². The lowest BCUT2D eigenvalue weighted by Gasteiger charge is -1.99. The van der Waals surface area contributed by atoms with E-state index in [0.29, 0.717) is 11.3 Å². The molecular formula is C14H15NO6. The van der Waals surface area contributed by atoms with Crippen LogP contribution in [0.2, 0.25) is 0 Å². The molecule has 7 N–H and O–H groups in total. The summed E-state index contributed by atoms with van der Waals surface area (Å²) in [4.78, 5) is 10.2. The predicted molar refractivity (Wildman–Crippen MR) is 75.3 cm³/mol. The molecule has 0 aromatic heterocycles. The van der Waals surface area contributed by atoms with Crippen LogP contribution < -0.4 is 5.73 Å². The maximum absolute atomic E-state index is 10.2. The van der Waals surface area contributed by atoms with Gasteiger partial charge in [0, 0.05) is 11.8 Å². The summed E-state index contributed by atoms with van der Waals surface area (Å²) in [5.41, 5.74) is 6.15. The van der Waals surface area contributed by atoms with Crippen LogP contribution in [0.3, 0.4) is 0 Å². The van der Waals surface area contributed by atoms with Crippen LogP contribution in [-0.2, 0) is 11.2 Å². The molecule has 7 heteroatoms. The third kappa shape index (κ3) is 5.19. The number of hydrogen-bond acceptors (Lipinski definition) is 6. The van der Waals surface area contributed by atoms with Gasteiger partial charge in [0.05, 0.1) is 6.42 Å². The van der Waals surface area contributed by atoms with Crippen LogP contribution in [-0.4, -0.2) is 31.5 Å². The molecule has 0 bridgehead atoms. The van der Waals surface area contributed by atoms with E-state index < -0.39 is 5.97 Å². The molecule has 2 aromatic rings. The van der Waals surface area contributed by atoms with Gasteiger partial charge in [-0.15, -0.1) is 0 Å². The van der Waals surface area contributed by atoms with Crippen molar-refractivity contribution in [2.45, 2.75) is 6.42 Å². The molecule has 0 radical (unpaired) electrons. The molecule has 21 heavy (non-hydrogen) atoms. The molecule has 7 nitrogen and oxygen atoms in total. The van der Waals surface area contributed by atoms with Gasteiger partial charge < -0.3 is 31.3 Å². The van der Waals surface area contributed by atoms with Crippen molar-refractivity contribution in [2.75, 3.05) is 5.73 Å². The number of carboxylic acid groups (broad SMARTS) is 1. The summed E-state index contributed by atoms with van der Waals surface area (Å²) >= 11 is 0. The molecule has 0 heterocycles. The second-order valence-electron chi connectivity index (χ2n) is 4.14. The summed E-state index contributed by atoms with van der Waals surface area (Å²) in [5, 5.41) is 43.7. The number of aliphatic carboxylic acids is 1. The van der Waals surface area contributed by atoms with Gasteiger partial charge in [0.15, 0.2) is 23.0 Å². The van der Waals surface area contributed by atoms with Crippen LogP contribution in [0.5, 0.6) is 23.0 Å². The van der Waals surface area contributed by atoms with Crippen molar-refractivity contribution < 1.29 is 30.3 Å². The number of nitrogens with two attached hydrogens (primary N) is 1. The minimum atomic E-state index is -0.972. The van der Waals surface area contributed by atoms with Gasteiger partial charge in [-0.05, 0) is 29.8 Å². The second kappa shape index (κ2) is 6.90. The summed E-state index contributed by atoms with van der Waals surface area (Å²) < 4.78 is 0. The number of phenols is 4. The Morgan fingerprint density at radius 2 is 1.38 bits per heavy atom. The molecule has 0 aliphatic rings. The average Bonchev–Trinajstić information content (AvgIpc) is 2.39. The third-order valence-electron chi connectivity index (χ3n) is 2.39. The summed E-state index contributed by atoms with van der Waals surface area (Å²) in [6.07, 6.45) is -0.159. The summed E-state index contributed by atoms with van der Waals surface area (Å²) in [5.74, 6) is -1.85. The second-order valence-corrected chi connectivity index (χ2v) is 4.14. The smallest absolute Gasteiger partial charge is 0.307 e. The zero-order valence-electron chi connectivity index (χ0n) is 10.9. The molecular weight excluding hydrogens is 278 g/mol. The molecule has 0 aliphatic heterocycles. The molecule has 0 unspecified atom stereocenters. The Morgan fingerprint density at radius 3 is 1.81 bits per heavy atom. The number of rotatable bonds is 2. The van der Waals surface area contributed by atoms with Crippen LogP contribution in [0.4, 0.5) is 5.69 Å². The van der Waals surface area contributed by atoms with Crippen molar-refractivity contribution >= 4 is 11.7 Å². The van der Waals surface area contributed by atoms with E-state index in [0.717, 1.165) is 0 Å². The van der Waals surface area contributed by atoms with Crippen molar-refractivity contribution in [3.05, 3.63) is 42.0 Å². The number of anilines is 1. The van der Waals surface area contributed by atoms with Gasteiger partial charge >= 0.3 is 5.97 Å². The molecule has 0 amide bonds. The van der Waals surface area contributed by atoms with Gasteiger partial charge in [-0.3, -0.25) is 4.79 Å². The number of aromatic hydroxyl groups is 4. The summed E-state index contributed by atoms with van der Waals surface area (Å²) in [6.45, 7) is 0. The number of carbonyl (C=O) groups is 1. The summed E-state index contributed by atoms with van der Waals surface area (Å²) in [6, 6.07) is 8.06. The Balaban J connectivity index is 0.000000219. The fourth-order valence-electron chi connectivity index (χ4n) is 1.39. The minimum Gasteiger partial charge on any atom is -0.504 e. The number of carboxylic acids is 1. The lowest BCUT2D eigenvalue weighted by molar-refractivity contribution is -0.136. The lowest BCUT2D eigenvalue weighted by Crippen LogP contribution is -1.99. The van der Waals surface area contributed by atoms with Crippen LogP contribution in [0.15, 0.2) is 36.4 Å². The first-order valence-electron chi connectivity index (χ1n) is 5.79. The minimum absolute atomic E-state index is 0.149. The first-order chi connectivity index (χ1) is 9.79. The largest absolute Gasteiger partial charge is 0.504 e. The molecule has 0 saturated carbocycles. The molecule has 2 aromatic carbocycles. The Morgan fingerprint density at radius 1 is 0.857 bits per heavy atom. The fourth-order valence-corrected chi connectivity index (χ4v) is 1.39. The van der Waals surface area contributed by atoms with Gasteiger partial charge in [0.25, 0.3) is 0 Å². The van der Waals surface area contributed by atoms with E-state index in [1.807, 2.05) is 0 Å². The highest BCUT2D eigenvalue weighted by atomic mass is 16.4. The van der Waals surface area contributed by atoms with Gasteiger partial charge in [0.1, 0.15) is 0 Å². The zero-order valence-corrected chi connectivity index (χ0v) is 10.9. The maximum Gasteiger partial charge on any atom is 0.307 e. The van der Waals surface area contributed by atoms with Crippen molar-refractivity contribution in [3.63, 3.8) is 0 Å². The van der Waals surface area contributed by atoms with Crippen molar-refractivity contribution in [1.82, 2.24) is 0 Å². The van der Waals surface area contributed by atoms with Crippen LogP contribution in [0, 0.1) is 0 Å². The first kappa shape index (κ1) is 16.0. The monoisotopic (exact) mass is 293 g/mol. The highest BCUT2D eigenvalue weighted by molar-refractivity contribution is 5.70. The Bertz CT molecular complexity index is 641. The van der Waals surface area contributed by atoms with E-state index in [-0.39, 0.29) is 29.4 Å². The van der Waals surface area contributed by atoms with E-state index in [1.165, 1.54) is 36.4 Å². The zero-order chi connectivity index (χ0) is 16.0. The molecule has 0 aliphatic carbocycles. The highest BCUT2D eigenvalue weighted by Gasteiger charge is 2.03. The molecule has 0 saturated heterocycles. The number of phenolic OH excluding ortho intramolecular Hbond substituents is 4. The lowest BCUT2D eigenvalue weighted by atomic mass is 10.1. The van der Waals surface area contributed by atoms with Crippen LogP contribution in [0.25, 0.3) is 0 Å². The van der Waals surface area contributed by atoms with Gasteiger partial charge in [-0.25, -0.2) is 0 Å². The van der Waals surface area contributed by atoms with Crippen molar-refractivity contribution in [2.24, 2.45) is 0 Å². The highest BCUT2D eigenvalue weighted by Crippen LogP contribution is 2.25. The van der Waals surface area contributed by atoms with Crippen LogP contribution >= 0.6 is 0 Å². The Kier molecular flexibility index (Phi) is 5.24. The maximum atomic E-state index is 10.2. The van der Waals surface area contributed by atoms with E-state index in [4.69, 9.17) is 31.3 Å². The van der Waals surface area contributed by atoms with Gasteiger partial charge in [-0.1, -0.05) is 6.07 Å². The van der Waals surface area contributed by atoms with E-state index in [1.54, 1.807) is 0 Å². The number of benzene rings is 2. The molecule has 0 atom stereocenters. The quantitative estimate of drug-likeness (QED) is 0.279. The first-order valence-corrected chi connectivity index (χ1v) is 5.79. The predicted octanol–water partition coefficient (Wildman–Crippen LogP) is 1.40. The number of nitrogen functional groups attached to an aromatic ring is 1. The molecule has 0 spiro atoms. The van der Waals surface area contributed by atoms with Crippen LogP contribution in [0.1, 0.15) is 5.56 Å². The molecule has 112 valence electrons. The molecule has 0 fully saturated rings. The normalized spacial score (nSPS) is 9.52. The fraction of sp³-hybridized carbons (Fsp3) is 0.0714. The number of hydrogen-bond donors (Lipinski definition) is 6. The standard InChI is InChI=1S/C8H8O4.C6H7NO2/c9-6-2-1-5(3-7(6)10)4-8(11)12;7-4-1-2-5(8)6(9)3-4/h1-3,9-10H,4H2,(H,11,12);1-3,8-9H,7H2. The van der Waals surface area contributed by atoms with Crippen molar-refractivity contribution in [3.8, 4) is 23.0 Å². The Hall–Kier alpha value is -3.09. The van der Waals surface area contributed by atoms with Crippen molar-refractivity contribution in [1.29, 1.82) is 0 Å². The molecule has 2 rings (SSSR count). The SMILES string of the molecule is Nc1ccc(O)c(O)c1.O=C(O)Cc1ccc(O)c(O)c1. The van der Waals surface area contributed by atoms with E-state index in [9.17, 15) is 4.79 Å². The van der Waals surface area contributed by atoms with Gasteiger partial charge in [0.2, 0.25) is 0 Å².